The molecule has 2 bridgehead atoms. The van der Waals surface area contributed by atoms with Gasteiger partial charge in [-0.15, -0.1) is 0 Å². The zero-order valence-corrected chi connectivity index (χ0v) is 12.0. The van der Waals surface area contributed by atoms with E-state index in [0.29, 0.717) is 0 Å². The van der Waals surface area contributed by atoms with Gasteiger partial charge in [0.2, 0.25) is 0 Å². The molecule has 2 aliphatic rings. The predicted molar refractivity (Wildman–Crippen MR) is 79.3 cm³/mol. The highest BCUT2D eigenvalue weighted by atomic mass is 16.3. The summed E-state index contributed by atoms with van der Waals surface area (Å²) in [5.74, 6) is 2.64. The van der Waals surface area contributed by atoms with Gasteiger partial charge in [0.15, 0.2) is 0 Å². The fourth-order valence-electron chi connectivity index (χ4n) is 4.08. The van der Waals surface area contributed by atoms with E-state index < -0.39 is 0 Å². The Bertz CT molecular complexity index is 425. The SMILES string of the molecule is CN(C)c1ccc(C(O)CC2CC3CCC2C3)cc1. The molecular weight excluding hydrogens is 234 g/mol. The second kappa shape index (κ2) is 5.16. The molecule has 0 aromatic heterocycles. The smallest absolute Gasteiger partial charge is 0.0792 e. The Morgan fingerprint density at radius 2 is 1.89 bits per heavy atom. The third-order valence-electron chi connectivity index (χ3n) is 5.20. The molecule has 0 radical (unpaired) electrons. The van der Waals surface area contributed by atoms with Crippen LogP contribution in [0.5, 0.6) is 0 Å². The van der Waals surface area contributed by atoms with Gasteiger partial charge in [-0.25, -0.2) is 0 Å². The number of hydrogen-bond donors (Lipinski definition) is 1. The van der Waals surface area contributed by atoms with E-state index in [1.165, 1.54) is 31.4 Å². The minimum Gasteiger partial charge on any atom is -0.388 e. The molecule has 4 atom stereocenters. The van der Waals surface area contributed by atoms with Crippen LogP contribution in [0.15, 0.2) is 24.3 Å². The van der Waals surface area contributed by atoms with Crippen molar-refractivity contribution in [2.75, 3.05) is 19.0 Å². The fraction of sp³-hybridized carbons (Fsp3) is 0.647. The maximum absolute atomic E-state index is 10.4. The lowest BCUT2D eigenvalue weighted by Crippen LogP contribution is -2.14. The monoisotopic (exact) mass is 259 g/mol. The van der Waals surface area contributed by atoms with Gasteiger partial charge < -0.3 is 10.0 Å². The van der Waals surface area contributed by atoms with Crippen LogP contribution in [0, 0.1) is 17.8 Å². The predicted octanol–water partition coefficient (Wildman–Crippen LogP) is 3.61. The van der Waals surface area contributed by atoms with E-state index in [9.17, 15) is 5.11 Å². The van der Waals surface area contributed by atoms with Crippen molar-refractivity contribution in [2.45, 2.75) is 38.2 Å². The summed E-state index contributed by atoms with van der Waals surface area (Å²) < 4.78 is 0. The van der Waals surface area contributed by atoms with E-state index in [1.807, 2.05) is 14.1 Å². The van der Waals surface area contributed by atoms with Crippen molar-refractivity contribution in [3.63, 3.8) is 0 Å². The third kappa shape index (κ3) is 2.64. The van der Waals surface area contributed by atoms with Crippen LogP contribution in [0.4, 0.5) is 5.69 Å². The Balaban J connectivity index is 1.62. The number of benzene rings is 1. The van der Waals surface area contributed by atoms with E-state index in [-0.39, 0.29) is 6.10 Å². The number of aliphatic hydroxyl groups is 1. The first kappa shape index (κ1) is 13.0. The van der Waals surface area contributed by atoms with Crippen LogP contribution in [0.3, 0.4) is 0 Å². The van der Waals surface area contributed by atoms with Crippen LogP contribution in [0.2, 0.25) is 0 Å². The Kier molecular flexibility index (Phi) is 3.53. The molecule has 1 aromatic carbocycles. The van der Waals surface area contributed by atoms with Crippen LogP contribution in [-0.2, 0) is 0 Å². The lowest BCUT2D eigenvalue weighted by atomic mass is 9.83. The highest BCUT2D eigenvalue weighted by Gasteiger charge is 2.40. The molecular formula is C17H25NO. The summed E-state index contributed by atoms with van der Waals surface area (Å²) in [6, 6.07) is 8.35. The first-order valence-electron chi connectivity index (χ1n) is 7.59. The summed E-state index contributed by atoms with van der Waals surface area (Å²) >= 11 is 0. The molecule has 0 saturated heterocycles. The highest BCUT2D eigenvalue weighted by Crippen LogP contribution is 2.50. The topological polar surface area (TPSA) is 23.5 Å². The van der Waals surface area contributed by atoms with Gasteiger partial charge in [0.1, 0.15) is 0 Å². The Labute approximate surface area is 116 Å². The number of hydrogen-bond acceptors (Lipinski definition) is 2. The van der Waals surface area contributed by atoms with Crippen molar-refractivity contribution in [2.24, 2.45) is 17.8 Å². The minimum absolute atomic E-state index is 0.277. The summed E-state index contributed by atoms with van der Waals surface area (Å²) in [5.41, 5.74) is 2.27. The molecule has 1 N–H and O–H groups in total. The van der Waals surface area contributed by atoms with Gasteiger partial charge in [-0.3, -0.25) is 0 Å². The molecule has 0 amide bonds. The lowest BCUT2D eigenvalue weighted by Gasteiger charge is -2.24. The van der Waals surface area contributed by atoms with Crippen LogP contribution in [0.1, 0.15) is 43.8 Å². The number of nitrogens with zero attached hydrogens (tertiary/aromatic N) is 1. The van der Waals surface area contributed by atoms with Crippen LogP contribution >= 0.6 is 0 Å². The molecule has 4 unspecified atom stereocenters. The van der Waals surface area contributed by atoms with Gasteiger partial charge >= 0.3 is 0 Å². The zero-order chi connectivity index (χ0) is 13.4. The second-order valence-electron chi connectivity index (χ2n) is 6.67. The highest BCUT2D eigenvalue weighted by molar-refractivity contribution is 5.46. The summed E-state index contributed by atoms with van der Waals surface area (Å²) in [7, 11) is 4.08. The summed E-state index contributed by atoms with van der Waals surface area (Å²) in [4.78, 5) is 2.09. The van der Waals surface area contributed by atoms with E-state index in [1.54, 1.807) is 0 Å². The molecule has 104 valence electrons. The van der Waals surface area contributed by atoms with Gasteiger partial charge in [-0.1, -0.05) is 18.6 Å². The van der Waals surface area contributed by atoms with Crippen molar-refractivity contribution in [1.82, 2.24) is 0 Å². The molecule has 0 heterocycles. The molecule has 0 aliphatic heterocycles. The van der Waals surface area contributed by atoms with Crippen LogP contribution < -0.4 is 4.90 Å². The van der Waals surface area contributed by atoms with E-state index >= 15 is 0 Å². The molecule has 3 rings (SSSR count). The van der Waals surface area contributed by atoms with E-state index in [2.05, 4.69) is 29.2 Å². The van der Waals surface area contributed by atoms with Crippen LogP contribution in [-0.4, -0.2) is 19.2 Å². The fourth-order valence-corrected chi connectivity index (χ4v) is 4.08. The maximum atomic E-state index is 10.4. The molecule has 2 heteroatoms. The number of aliphatic hydroxyl groups excluding tert-OH is 1. The third-order valence-corrected chi connectivity index (χ3v) is 5.20. The van der Waals surface area contributed by atoms with Crippen molar-refractivity contribution < 1.29 is 5.11 Å². The lowest BCUT2D eigenvalue weighted by molar-refractivity contribution is 0.125. The summed E-state index contributed by atoms with van der Waals surface area (Å²) in [5, 5.41) is 10.4. The first-order valence-corrected chi connectivity index (χ1v) is 7.59. The van der Waals surface area contributed by atoms with Crippen LogP contribution in [0.25, 0.3) is 0 Å². The standard InChI is InChI=1S/C17H25NO/c1-18(2)16-7-5-13(6-8-16)17(19)11-15-10-12-3-4-14(15)9-12/h5-8,12,14-15,17,19H,3-4,9-11H2,1-2H3. The summed E-state index contributed by atoms with van der Waals surface area (Å²) in [6.07, 6.45) is 6.31. The number of rotatable bonds is 4. The van der Waals surface area contributed by atoms with Crippen molar-refractivity contribution in [3.05, 3.63) is 29.8 Å². The normalized spacial score (nSPS) is 30.6. The molecule has 1 aromatic rings. The molecule has 2 fully saturated rings. The quantitative estimate of drug-likeness (QED) is 0.893. The first-order chi connectivity index (χ1) is 9.13. The molecule has 19 heavy (non-hydrogen) atoms. The van der Waals surface area contributed by atoms with Crippen molar-refractivity contribution in [1.29, 1.82) is 0 Å². The van der Waals surface area contributed by atoms with Gasteiger partial charge in [0, 0.05) is 19.8 Å². The van der Waals surface area contributed by atoms with E-state index in [4.69, 9.17) is 0 Å². The Morgan fingerprint density at radius 1 is 1.16 bits per heavy atom. The maximum Gasteiger partial charge on any atom is 0.0792 e. The number of anilines is 1. The van der Waals surface area contributed by atoms with Crippen molar-refractivity contribution >= 4 is 5.69 Å². The molecule has 0 spiro atoms. The second-order valence-corrected chi connectivity index (χ2v) is 6.67. The van der Waals surface area contributed by atoms with Gasteiger partial charge in [0.05, 0.1) is 6.10 Å². The molecule has 2 nitrogen and oxygen atoms in total. The Hall–Kier alpha value is -1.02. The zero-order valence-electron chi connectivity index (χ0n) is 12.0. The average Bonchev–Trinajstić information content (AvgIpc) is 3.01. The Morgan fingerprint density at radius 3 is 2.42 bits per heavy atom. The van der Waals surface area contributed by atoms with Crippen molar-refractivity contribution in [3.8, 4) is 0 Å². The van der Waals surface area contributed by atoms with Gasteiger partial charge in [-0.05, 0) is 61.1 Å². The molecule has 2 aliphatic carbocycles. The van der Waals surface area contributed by atoms with E-state index in [0.717, 1.165) is 29.7 Å². The summed E-state index contributed by atoms with van der Waals surface area (Å²) in [6.45, 7) is 0. The molecule has 2 saturated carbocycles. The number of fused-ring (bicyclic) bond motifs is 2. The minimum atomic E-state index is -0.277. The largest absolute Gasteiger partial charge is 0.388 e. The van der Waals surface area contributed by atoms with Gasteiger partial charge in [-0.2, -0.15) is 0 Å². The van der Waals surface area contributed by atoms with Gasteiger partial charge in [0.25, 0.3) is 0 Å². The average molecular weight is 259 g/mol.